The number of carbonyl (C=O) groups excluding carboxylic acids is 1. The number of benzene rings is 2. The molecule has 1 atom stereocenters. The summed E-state index contributed by atoms with van der Waals surface area (Å²) in [4.78, 5) is 18.1. The Balaban J connectivity index is 1.31. The van der Waals surface area contributed by atoms with Crippen LogP contribution in [-0.2, 0) is 10.0 Å². The molecule has 0 bridgehead atoms. The SMILES string of the molecule is O=C(NCC(c1ccccc1)N1CCCC1)c1ccc2c(c1)SC1=NS(=O)(=O)CCN12. The zero-order valence-electron chi connectivity index (χ0n) is 17.0. The number of anilines is 1. The van der Waals surface area contributed by atoms with Crippen molar-refractivity contribution in [3.8, 4) is 0 Å². The maximum absolute atomic E-state index is 12.9. The van der Waals surface area contributed by atoms with Crippen LogP contribution in [0.15, 0.2) is 57.8 Å². The molecule has 9 heteroatoms. The van der Waals surface area contributed by atoms with Gasteiger partial charge in [-0.1, -0.05) is 30.3 Å². The van der Waals surface area contributed by atoms with Gasteiger partial charge in [-0.2, -0.15) is 0 Å². The highest BCUT2D eigenvalue weighted by atomic mass is 32.2. The van der Waals surface area contributed by atoms with E-state index in [0.29, 0.717) is 23.8 Å². The lowest BCUT2D eigenvalue weighted by molar-refractivity contribution is 0.0937. The second kappa shape index (κ2) is 8.29. The number of hydrogen-bond acceptors (Lipinski definition) is 6. The third-order valence-corrected chi connectivity index (χ3v) is 8.26. The molecular formula is C22H24N4O3S2. The van der Waals surface area contributed by atoms with Crippen LogP contribution in [0.2, 0.25) is 0 Å². The number of amides is 1. The Hall–Kier alpha value is -2.36. The van der Waals surface area contributed by atoms with Crippen LogP contribution in [0.25, 0.3) is 0 Å². The van der Waals surface area contributed by atoms with Gasteiger partial charge in [0.2, 0.25) is 0 Å². The van der Waals surface area contributed by atoms with Gasteiger partial charge in [0.05, 0.1) is 17.5 Å². The van der Waals surface area contributed by atoms with Gasteiger partial charge >= 0.3 is 0 Å². The van der Waals surface area contributed by atoms with Gasteiger partial charge in [0.25, 0.3) is 15.9 Å². The number of likely N-dealkylation sites (tertiary alicyclic amines) is 1. The highest BCUT2D eigenvalue weighted by Gasteiger charge is 2.33. The molecule has 1 amide bonds. The maximum Gasteiger partial charge on any atom is 0.257 e. The predicted octanol–water partition coefficient (Wildman–Crippen LogP) is 2.87. The summed E-state index contributed by atoms with van der Waals surface area (Å²) in [5, 5.41) is 3.58. The molecule has 1 fully saturated rings. The van der Waals surface area contributed by atoms with E-state index < -0.39 is 10.0 Å². The average molecular weight is 457 g/mol. The van der Waals surface area contributed by atoms with Crippen molar-refractivity contribution < 1.29 is 13.2 Å². The molecule has 0 aliphatic carbocycles. The van der Waals surface area contributed by atoms with E-state index in [1.165, 1.54) is 30.2 Å². The summed E-state index contributed by atoms with van der Waals surface area (Å²) >= 11 is 1.30. The Morgan fingerprint density at radius 2 is 1.87 bits per heavy atom. The van der Waals surface area contributed by atoms with Crippen LogP contribution in [0.4, 0.5) is 5.69 Å². The lowest BCUT2D eigenvalue weighted by Crippen LogP contribution is -2.36. The van der Waals surface area contributed by atoms with Crippen LogP contribution in [0.1, 0.15) is 34.8 Å². The first-order chi connectivity index (χ1) is 15.0. The maximum atomic E-state index is 12.9. The largest absolute Gasteiger partial charge is 0.350 e. The Morgan fingerprint density at radius 3 is 2.65 bits per heavy atom. The van der Waals surface area contributed by atoms with E-state index in [-0.39, 0.29) is 17.7 Å². The molecule has 1 unspecified atom stereocenters. The van der Waals surface area contributed by atoms with E-state index in [4.69, 9.17) is 0 Å². The predicted molar refractivity (Wildman–Crippen MR) is 123 cm³/mol. The summed E-state index contributed by atoms with van der Waals surface area (Å²) in [5.41, 5.74) is 2.70. The number of sulfonamides is 1. The molecule has 7 nitrogen and oxygen atoms in total. The summed E-state index contributed by atoms with van der Waals surface area (Å²) in [5.74, 6) is -0.112. The average Bonchev–Trinajstić information content (AvgIpc) is 3.40. The number of rotatable bonds is 5. The molecule has 0 spiro atoms. The van der Waals surface area contributed by atoms with Crippen LogP contribution < -0.4 is 10.2 Å². The van der Waals surface area contributed by atoms with Crippen LogP contribution in [0.5, 0.6) is 0 Å². The van der Waals surface area contributed by atoms with Gasteiger partial charge in [0.15, 0.2) is 5.17 Å². The van der Waals surface area contributed by atoms with Gasteiger partial charge in [-0.3, -0.25) is 9.69 Å². The topological polar surface area (TPSA) is 82.1 Å². The third kappa shape index (κ3) is 4.22. The Kier molecular flexibility index (Phi) is 5.49. The van der Waals surface area contributed by atoms with Crippen LogP contribution in [-0.4, -0.2) is 56.3 Å². The first kappa shape index (κ1) is 20.5. The molecule has 3 heterocycles. The van der Waals surface area contributed by atoms with Crippen molar-refractivity contribution in [2.24, 2.45) is 4.40 Å². The van der Waals surface area contributed by atoms with Crippen molar-refractivity contribution in [2.75, 3.05) is 36.8 Å². The van der Waals surface area contributed by atoms with Crippen LogP contribution in [0, 0.1) is 0 Å². The van der Waals surface area contributed by atoms with Gasteiger partial charge in [-0.25, -0.2) is 8.42 Å². The summed E-state index contributed by atoms with van der Waals surface area (Å²) in [6.07, 6.45) is 2.38. The fourth-order valence-electron chi connectivity index (χ4n) is 4.35. The molecule has 0 radical (unpaired) electrons. The molecule has 3 aliphatic heterocycles. The number of amidine groups is 1. The van der Waals surface area contributed by atoms with Crippen molar-refractivity contribution in [1.82, 2.24) is 10.2 Å². The van der Waals surface area contributed by atoms with Crippen molar-refractivity contribution in [3.05, 3.63) is 59.7 Å². The van der Waals surface area contributed by atoms with E-state index in [1.807, 2.05) is 35.2 Å². The summed E-state index contributed by atoms with van der Waals surface area (Å²) in [6.45, 7) is 3.03. The van der Waals surface area contributed by atoms with Crippen molar-refractivity contribution >= 4 is 38.5 Å². The molecule has 1 saturated heterocycles. The van der Waals surface area contributed by atoms with Crippen LogP contribution >= 0.6 is 11.8 Å². The molecule has 5 rings (SSSR count). The minimum absolute atomic E-state index is 0.0100. The molecule has 3 aliphatic rings. The normalized spacial score (nSPS) is 20.6. The van der Waals surface area contributed by atoms with Crippen LogP contribution in [0.3, 0.4) is 0 Å². The number of thioether (sulfide) groups is 1. The zero-order chi connectivity index (χ0) is 21.4. The molecule has 31 heavy (non-hydrogen) atoms. The van der Waals surface area contributed by atoms with Gasteiger partial charge in [-0.15, -0.1) is 4.40 Å². The fraction of sp³-hybridized carbons (Fsp3) is 0.364. The minimum Gasteiger partial charge on any atom is -0.350 e. The van der Waals surface area contributed by atoms with Gasteiger partial charge in [-0.05, 0) is 61.5 Å². The Labute approximate surface area is 186 Å². The smallest absolute Gasteiger partial charge is 0.257 e. The second-order valence-electron chi connectivity index (χ2n) is 7.98. The lowest BCUT2D eigenvalue weighted by Gasteiger charge is -2.28. The van der Waals surface area contributed by atoms with E-state index in [0.717, 1.165) is 23.7 Å². The molecule has 0 saturated carbocycles. The number of hydrogen-bond donors (Lipinski definition) is 1. The van der Waals surface area contributed by atoms with Crippen molar-refractivity contribution in [3.63, 3.8) is 0 Å². The van der Waals surface area contributed by atoms with Gasteiger partial charge in [0.1, 0.15) is 0 Å². The Morgan fingerprint density at radius 1 is 1.10 bits per heavy atom. The standard InChI is InChI=1S/C22H24N4O3S2/c27-21(23-15-19(25-10-4-5-11-25)16-6-2-1-3-7-16)17-8-9-18-20(14-17)30-22-24-31(28,29)13-12-26(18)22/h1-3,6-9,14,19H,4-5,10-13,15H2,(H,23,27). The molecule has 2 aromatic carbocycles. The van der Waals surface area contributed by atoms with Crippen molar-refractivity contribution in [2.45, 2.75) is 23.8 Å². The molecule has 0 aromatic heterocycles. The number of nitrogens with zero attached hydrogens (tertiary/aromatic N) is 3. The van der Waals surface area contributed by atoms with Gasteiger partial charge < -0.3 is 10.2 Å². The summed E-state index contributed by atoms with van der Waals surface area (Å²) < 4.78 is 27.5. The van der Waals surface area contributed by atoms with Crippen molar-refractivity contribution in [1.29, 1.82) is 0 Å². The minimum atomic E-state index is -3.39. The monoisotopic (exact) mass is 456 g/mol. The molecular weight excluding hydrogens is 432 g/mol. The molecule has 162 valence electrons. The first-order valence-corrected chi connectivity index (χ1v) is 12.9. The van der Waals surface area contributed by atoms with Gasteiger partial charge in [0, 0.05) is 23.5 Å². The van der Waals surface area contributed by atoms with E-state index in [2.05, 4.69) is 26.7 Å². The van der Waals surface area contributed by atoms with E-state index in [9.17, 15) is 13.2 Å². The Bertz CT molecular complexity index is 1130. The van der Waals surface area contributed by atoms with E-state index >= 15 is 0 Å². The quantitative estimate of drug-likeness (QED) is 0.745. The number of nitrogens with one attached hydrogen (secondary N) is 1. The highest BCUT2D eigenvalue weighted by molar-refractivity contribution is 8.15. The fourth-order valence-corrected chi connectivity index (χ4v) is 6.65. The second-order valence-corrected chi connectivity index (χ2v) is 10.7. The third-order valence-electron chi connectivity index (χ3n) is 5.96. The summed E-state index contributed by atoms with van der Waals surface area (Å²) in [6, 6.07) is 16.0. The zero-order valence-corrected chi connectivity index (χ0v) is 18.7. The highest BCUT2D eigenvalue weighted by Crippen LogP contribution is 2.42. The summed E-state index contributed by atoms with van der Waals surface area (Å²) in [7, 11) is -3.39. The van der Waals surface area contributed by atoms with E-state index in [1.54, 1.807) is 6.07 Å². The molecule has 2 aromatic rings. The first-order valence-electron chi connectivity index (χ1n) is 10.5. The number of fused-ring (bicyclic) bond motifs is 3. The lowest BCUT2D eigenvalue weighted by atomic mass is 10.1. The number of carbonyl (C=O) groups is 1. The molecule has 1 N–H and O–H groups in total.